The maximum atomic E-state index is 8.74. The second kappa shape index (κ2) is 8.08. The Kier molecular flexibility index (Phi) is 6.75. The van der Waals surface area contributed by atoms with Crippen molar-refractivity contribution in [2.75, 3.05) is 26.2 Å². The van der Waals surface area contributed by atoms with Crippen molar-refractivity contribution in [2.24, 2.45) is 5.73 Å². The van der Waals surface area contributed by atoms with Crippen molar-refractivity contribution in [3.05, 3.63) is 35.4 Å². The third-order valence-electron chi connectivity index (χ3n) is 3.20. The lowest BCUT2D eigenvalue weighted by molar-refractivity contribution is 0.174. The number of hydrogen-bond donors (Lipinski definition) is 4. The van der Waals surface area contributed by atoms with E-state index in [2.05, 4.69) is 36.1 Å². The number of benzene rings is 1. The average Bonchev–Trinajstić information content (AvgIpc) is 2.37. The lowest BCUT2D eigenvalue weighted by atomic mass is 10.1. The van der Waals surface area contributed by atoms with Gasteiger partial charge in [0.05, 0.1) is 0 Å². The summed E-state index contributed by atoms with van der Waals surface area (Å²) in [5, 5.41) is 7.39. The highest BCUT2D eigenvalue weighted by Crippen LogP contribution is 2.09. The SMILES string of the molecule is Cc1cccc(CN2CCN(C(=N)N)CC2)c1.O=S(=O)(O)O. The highest BCUT2D eigenvalue weighted by molar-refractivity contribution is 7.79. The van der Waals surface area contributed by atoms with E-state index in [0.29, 0.717) is 0 Å². The highest BCUT2D eigenvalue weighted by Gasteiger charge is 2.17. The van der Waals surface area contributed by atoms with Crippen LogP contribution in [0.4, 0.5) is 0 Å². The molecule has 0 aromatic heterocycles. The molecule has 9 heteroatoms. The Hall–Kier alpha value is -1.68. The molecular formula is C13H22N4O4S. The summed E-state index contributed by atoms with van der Waals surface area (Å²) < 4.78 is 31.6. The topological polar surface area (TPSA) is 131 Å². The fourth-order valence-electron chi connectivity index (χ4n) is 2.22. The van der Waals surface area contributed by atoms with Crippen molar-refractivity contribution in [2.45, 2.75) is 13.5 Å². The first-order valence-corrected chi connectivity index (χ1v) is 8.11. The molecule has 0 aliphatic carbocycles. The quantitative estimate of drug-likeness (QED) is 0.349. The average molecular weight is 330 g/mol. The zero-order valence-electron chi connectivity index (χ0n) is 12.4. The second-order valence-electron chi connectivity index (χ2n) is 5.09. The molecule has 2 rings (SSSR count). The molecule has 22 heavy (non-hydrogen) atoms. The van der Waals surface area contributed by atoms with Gasteiger partial charge in [-0.15, -0.1) is 0 Å². The van der Waals surface area contributed by atoms with E-state index in [4.69, 9.17) is 28.7 Å². The molecule has 0 bridgehead atoms. The number of hydrogen-bond acceptors (Lipinski definition) is 4. The van der Waals surface area contributed by atoms with Gasteiger partial charge in [0, 0.05) is 32.7 Å². The van der Waals surface area contributed by atoms with Gasteiger partial charge in [0.15, 0.2) is 5.96 Å². The smallest absolute Gasteiger partial charge is 0.370 e. The van der Waals surface area contributed by atoms with Crippen LogP contribution in [0.5, 0.6) is 0 Å². The molecule has 0 saturated carbocycles. The van der Waals surface area contributed by atoms with Gasteiger partial charge in [0.1, 0.15) is 0 Å². The fourth-order valence-corrected chi connectivity index (χ4v) is 2.22. The van der Waals surface area contributed by atoms with Crippen molar-refractivity contribution in [1.29, 1.82) is 5.41 Å². The molecule has 1 aromatic carbocycles. The van der Waals surface area contributed by atoms with Crippen LogP contribution in [0.1, 0.15) is 11.1 Å². The minimum atomic E-state index is -4.67. The van der Waals surface area contributed by atoms with E-state index in [9.17, 15) is 0 Å². The standard InChI is InChI=1S/C13H20N4.H2O4S/c1-11-3-2-4-12(9-11)10-16-5-7-17(8-6-16)13(14)15;1-5(2,3)4/h2-4,9H,5-8,10H2,1H3,(H3,14,15);(H2,1,2,3,4). The summed E-state index contributed by atoms with van der Waals surface area (Å²) in [6.45, 7) is 6.80. The van der Waals surface area contributed by atoms with E-state index in [1.54, 1.807) is 0 Å². The molecule has 1 fully saturated rings. The zero-order valence-corrected chi connectivity index (χ0v) is 13.3. The summed E-state index contributed by atoms with van der Waals surface area (Å²) in [7, 11) is -4.67. The van der Waals surface area contributed by atoms with E-state index < -0.39 is 10.4 Å². The molecule has 1 aliphatic rings. The number of guanidine groups is 1. The van der Waals surface area contributed by atoms with Gasteiger partial charge in [-0.3, -0.25) is 19.4 Å². The Bertz CT molecular complexity index is 590. The number of piperazine rings is 1. The molecule has 8 nitrogen and oxygen atoms in total. The Morgan fingerprint density at radius 3 is 2.27 bits per heavy atom. The summed E-state index contributed by atoms with van der Waals surface area (Å²) in [4.78, 5) is 4.33. The minimum absolute atomic E-state index is 0.195. The maximum Gasteiger partial charge on any atom is 0.394 e. The van der Waals surface area contributed by atoms with Crippen LogP contribution in [0.3, 0.4) is 0 Å². The van der Waals surface area contributed by atoms with Gasteiger partial charge >= 0.3 is 10.4 Å². The molecular weight excluding hydrogens is 308 g/mol. The lowest BCUT2D eigenvalue weighted by Crippen LogP contribution is -2.50. The summed E-state index contributed by atoms with van der Waals surface area (Å²) in [6, 6.07) is 8.63. The Balaban J connectivity index is 0.000000422. The van der Waals surface area contributed by atoms with Crippen molar-refractivity contribution in [1.82, 2.24) is 9.80 Å². The molecule has 1 heterocycles. The monoisotopic (exact) mass is 330 g/mol. The van der Waals surface area contributed by atoms with Crippen LogP contribution in [0.25, 0.3) is 0 Å². The van der Waals surface area contributed by atoms with Gasteiger partial charge in [-0.25, -0.2) is 0 Å². The molecule has 0 atom stereocenters. The van der Waals surface area contributed by atoms with Crippen LogP contribution in [-0.2, 0) is 16.9 Å². The molecule has 124 valence electrons. The molecule has 5 N–H and O–H groups in total. The van der Waals surface area contributed by atoms with E-state index in [1.807, 2.05) is 4.90 Å². The van der Waals surface area contributed by atoms with Crippen molar-refractivity contribution in [3.63, 3.8) is 0 Å². The largest absolute Gasteiger partial charge is 0.394 e. The Labute approximate surface area is 130 Å². The van der Waals surface area contributed by atoms with Crippen molar-refractivity contribution < 1.29 is 17.5 Å². The highest BCUT2D eigenvalue weighted by atomic mass is 32.3. The van der Waals surface area contributed by atoms with Crippen LogP contribution in [0.2, 0.25) is 0 Å². The van der Waals surface area contributed by atoms with Gasteiger partial charge in [0.2, 0.25) is 0 Å². The van der Waals surface area contributed by atoms with Gasteiger partial charge in [0.25, 0.3) is 0 Å². The van der Waals surface area contributed by atoms with Crippen LogP contribution in [-0.4, -0.2) is 59.5 Å². The number of nitrogens with one attached hydrogen (secondary N) is 1. The first-order chi connectivity index (χ1) is 10.1. The van der Waals surface area contributed by atoms with Crippen molar-refractivity contribution in [3.8, 4) is 0 Å². The fraction of sp³-hybridized carbons (Fsp3) is 0.462. The van der Waals surface area contributed by atoms with Crippen LogP contribution in [0, 0.1) is 12.3 Å². The zero-order chi connectivity index (χ0) is 16.8. The predicted octanol–water partition coefficient (Wildman–Crippen LogP) is 0.353. The third-order valence-corrected chi connectivity index (χ3v) is 3.20. The molecule has 1 aromatic rings. The Morgan fingerprint density at radius 1 is 1.27 bits per heavy atom. The first-order valence-electron chi connectivity index (χ1n) is 6.72. The predicted molar refractivity (Wildman–Crippen MR) is 84.1 cm³/mol. The summed E-state index contributed by atoms with van der Waals surface area (Å²) in [5.41, 5.74) is 8.15. The first kappa shape index (κ1) is 18.4. The Morgan fingerprint density at radius 2 is 1.82 bits per heavy atom. The molecule has 1 saturated heterocycles. The van der Waals surface area contributed by atoms with Gasteiger partial charge in [-0.05, 0) is 12.5 Å². The maximum absolute atomic E-state index is 8.74. The van der Waals surface area contributed by atoms with Crippen LogP contribution in [0.15, 0.2) is 24.3 Å². The molecule has 0 unspecified atom stereocenters. The molecule has 1 aliphatic heterocycles. The number of nitrogens with zero attached hydrogens (tertiary/aromatic N) is 2. The lowest BCUT2D eigenvalue weighted by Gasteiger charge is -2.34. The van der Waals surface area contributed by atoms with Crippen LogP contribution >= 0.6 is 0 Å². The molecule has 0 amide bonds. The minimum Gasteiger partial charge on any atom is -0.370 e. The molecule has 0 radical (unpaired) electrons. The normalized spacial score (nSPS) is 15.9. The number of nitrogens with two attached hydrogens (primary N) is 1. The summed E-state index contributed by atoms with van der Waals surface area (Å²) in [6.07, 6.45) is 0. The number of aryl methyl sites for hydroxylation is 1. The van der Waals surface area contributed by atoms with E-state index in [1.165, 1.54) is 11.1 Å². The van der Waals surface area contributed by atoms with E-state index in [0.717, 1.165) is 32.7 Å². The van der Waals surface area contributed by atoms with E-state index in [-0.39, 0.29) is 5.96 Å². The van der Waals surface area contributed by atoms with E-state index >= 15 is 0 Å². The van der Waals surface area contributed by atoms with Gasteiger partial charge in [-0.2, -0.15) is 8.42 Å². The van der Waals surface area contributed by atoms with Crippen molar-refractivity contribution >= 4 is 16.4 Å². The van der Waals surface area contributed by atoms with Gasteiger partial charge < -0.3 is 10.6 Å². The number of rotatable bonds is 2. The second-order valence-corrected chi connectivity index (χ2v) is 5.98. The van der Waals surface area contributed by atoms with Gasteiger partial charge in [-0.1, -0.05) is 29.8 Å². The summed E-state index contributed by atoms with van der Waals surface area (Å²) in [5.74, 6) is 0.195. The summed E-state index contributed by atoms with van der Waals surface area (Å²) >= 11 is 0. The van der Waals surface area contributed by atoms with Crippen LogP contribution < -0.4 is 5.73 Å². The third kappa shape index (κ3) is 7.93. The molecule has 0 spiro atoms.